The molecule has 1 saturated carbocycles. The average molecular weight is 420 g/mol. The number of nitrogens with zero attached hydrogens (tertiary/aromatic N) is 3. The Morgan fingerprint density at radius 3 is 2.58 bits per heavy atom. The highest BCUT2D eigenvalue weighted by atomic mass is 16.2. The van der Waals surface area contributed by atoms with Crippen LogP contribution in [0.4, 0.5) is 0 Å². The molecule has 1 saturated heterocycles. The van der Waals surface area contributed by atoms with Gasteiger partial charge < -0.3 is 9.80 Å². The Labute approximate surface area is 185 Å². The number of aromatic nitrogens is 1. The van der Waals surface area contributed by atoms with E-state index in [0.717, 1.165) is 61.8 Å². The summed E-state index contributed by atoms with van der Waals surface area (Å²) in [5.74, 6) is 0.541. The summed E-state index contributed by atoms with van der Waals surface area (Å²) in [7, 11) is 3.65. The maximum absolute atomic E-state index is 13.4. The van der Waals surface area contributed by atoms with Crippen molar-refractivity contribution in [3.05, 3.63) is 54.4 Å². The Bertz CT molecular complexity index is 921. The summed E-state index contributed by atoms with van der Waals surface area (Å²) in [6, 6.07) is 12.4. The molecule has 4 rings (SSSR count). The van der Waals surface area contributed by atoms with E-state index in [1.807, 2.05) is 31.3 Å². The lowest BCUT2D eigenvalue weighted by Gasteiger charge is -2.44. The largest absolute Gasteiger partial charge is 0.348 e. The predicted octanol–water partition coefficient (Wildman–Crippen LogP) is 4.18. The second-order valence-electron chi connectivity index (χ2n) is 9.44. The molecule has 1 aromatic heterocycles. The van der Waals surface area contributed by atoms with E-state index in [1.54, 1.807) is 11.1 Å². The first-order valence-electron chi connectivity index (χ1n) is 11.5. The van der Waals surface area contributed by atoms with Gasteiger partial charge in [0.1, 0.15) is 0 Å². The Hall–Kier alpha value is -2.69. The van der Waals surface area contributed by atoms with E-state index in [1.165, 1.54) is 0 Å². The highest BCUT2D eigenvalue weighted by molar-refractivity contribution is 5.85. The summed E-state index contributed by atoms with van der Waals surface area (Å²) in [5, 5.41) is 0. The van der Waals surface area contributed by atoms with Crippen molar-refractivity contribution >= 4 is 11.8 Å². The highest BCUT2D eigenvalue weighted by Gasteiger charge is 2.45. The quantitative estimate of drug-likeness (QED) is 0.731. The molecule has 2 amide bonds. The van der Waals surface area contributed by atoms with Gasteiger partial charge in [0.2, 0.25) is 11.8 Å². The molecule has 0 bridgehead atoms. The molecule has 2 fully saturated rings. The smallest absolute Gasteiger partial charge is 0.230 e. The second kappa shape index (κ2) is 9.21. The Balaban J connectivity index is 1.61. The zero-order chi connectivity index (χ0) is 21.8. The van der Waals surface area contributed by atoms with Gasteiger partial charge in [-0.2, -0.15) is 0 Å². The van der Waals surface area contributed by atoms with Gasteiger partial charge >= 0.3 is 0 Å². The number of hydrogen-bond donors (Lipinski definition) is 0. The number of rotatable bonds is 5. The van der Waals surface area contributed by atoms with Gasteiger partial charge in [0.15, 0.2) is 0 Å². The number of piperidine rings is 1. The third-order valence-corrected chi connectivity index (χ3v) is 6.92. The van der Waals surface area contributed by atoms with Crippen LogP contribution in [0.15, 0.2) is 48.8 Å². The maximum atomic E-state index is 13.4. The number of pyridine rings is 1. The number of carbonyl (C=O) groups excluding carboxylic acids is 2. The fourth-order valence-electron chi connectivity index (χ4n) is 5.40. The normalized spacial score (nSPS) is 21.8. The molecule has 2 aliphatic rings. The van der Waals surface area contributed by atoms with Crippen molar-refractivity contribution in [1.82, 2.24) is 14.8 Å². The first-order chi connectivity index (χ1) is 15.0. The van der Waals surface area contributed by atoms with E-state index in [9.17, 15) is 9.59 Å². The van der Waals surface area contributed by atoms with Crippen LogP contribution in [-0.4, -0.2) is 53.8 Å². The molecular formula is C26H33N3O2. The van der Waals surface area contributed by atoms with Crippen LogP contribution in [0, 0.1) is 11.3 Å². The van der Waals surface area contributed by atoms with Crippen LogP contribution >= 0.6 is 0 Å². The third-order valence-electron chi connectivity index (χ3n) is 6.92. The van der Waals surface area contributed by atoms with Crippen LogP contribution in [0.25, 0.3) is 11.1 Å². The molecule has 1 aliphatic carbocycles. The third kappa shape index (κ3) is 4.65. The zero-order valence-corrected chi connectivity index (χ0v) is 18.7. The van der Waals surface area contributed by atoms with Gasteiger partial charge in [0, 0.05) is 45.5 Å². The molecule has 0 spiro atoms. The number of hydrogen-bond acceptors (Lipinski definition) is 3. The number of benzene rings is 1. The Morgan fingerprint density at radius 2 is 1.87 bits per heavy atom. The molecule has 5 nitrogen and oxygen atoms in total. The SMILES string of the molecule is CN(C)C(=O)[C@]1(Cc2cccc(-c3cccnc3)c2)CCCN(C(=O)C2CCCC2)C1. The summed E-state index contributed by atoms with van der Waals surface area (Å²) >= 11 is 0. The van der Waals surface area contributed by atoms with Gasteiger partial charge in [-0.05, 0) is 54.9 Å². The number of carbonyl (C=O) groups is 2. The minimum atomic E-state index is -0.566. The standard InChI is InChI=1S/C26H33N3O2/c1-28(2)25(31)26(13-7-15-29(19-26)24(30)21-9-3-4-10-21)17-20-8-5-11-22(16-20)23-12-6-14-27-18-23/h5-6,8,11-12,14,16,18,21H,3-4,7,9-10,13,15,17,19H2,1-2H3/t26-/m0/s1. The monoisotopic (exact) mass is 419 g/mol. The molecule has 1 aliphatic heterocycles. The van der Waals surface area contributed by atoms with Crippen molar-refractivity contribution in [1.29, 1.82) is 0 Å². The van der Waals surface area contributed by atoms with Crippen molar-refractivity contribution in [3.8, 4) is 11.1 Å². The van der Waals surface area contributed by atoms with E-state index in [-0.39, 0.29) is 17.7 Å². The topological polar surface area (TPSA) is 53.5 Å². The number of likely N-dealkylation sites (tertiary alicyclic amines) is 1. The van der Waals surface area contributed by atoms with Gasteiger partial charge in [-0.3, -0.25) is 14.6 Å². The van der Waals surface area contributed by atoms with Crippen molar-refractivity contribution in [2.45, 2.75) is 44.9 Å². The van der Waals surface area contributed by atoms with E-state index in [4.69, 9.17) is 0 Å². The van der Waals surface area contributed by atoms with Crippen LogP contribution in [0.5, 0.6) is 0 Å². The van der Waals surface area contributed by atoms with Gasteiger partial charge in [0.05, 0.1) is 5.41 Å². The minimum absolute atomic E-state index is 0.128. The first-order valence-corrected chi connectivity index (χ1v) is 11.5. The summed E-state index contributed by atoms with van der Waals surface area (Å²) in [5.41, 5.74) is 2.74. The molecule has 5 heteroatoms. The fourth-order valence-corrected chi connectivity index (χ4v) is 5.40. The molecule has 1 atom stereocenters. The molecule has 1 aromatic carbocycles. The van der Waals surface area contributed by atoms with Crippen molar-refractivity contribution in [3.63, 3.8) is 0 Å². The van der Waals surface area contributed by atoms with E-state index >= 15 is 0 Å². The van der Waals surface area contributed by atoms with Crippen molar-refractivity contribution in [2.75, 3.05) is 27.2 Å². The molecule has 0 radical (unpaired) electrons. The minimum Gasteiger partial charge on any atom is -0.348 e. The van der Waals surface area contributed by atoms with Crippen LogP contribution in [0.1, 0.15) is 44.1 Å². The fraction of sp³-hybridized carbons (Fsp3) is 0.500. The molecule has 2 aromatic rings. The van der Waals surface area contributed by atoms with Gasteiger partial charge in [-0.1, -0.05) is 43.2 Å². The van der Waals surface area contributed by atoms with Gasteiger partial charge in [-0.15, -0.1) is 0 Å². The second-order valence-corrected chi connectivity index (χ2v) is 9.44. The lowest BCUT2D eigenvalue weighted by atomic mass is 9.73. The first kappa shape index (κ1) is 21.5. The molecule has 31 heavy (non-hydrogen) atoms. The van der Waals surface area contributed by atoms with Crippen molar-refractivity contribution < 1.29 is 9.59 Å². The van der Waals surface area contributed by atoms with Gasteiger partial charge in [0.25, 0.3) is 0 Å². The van der Waals surface area contributed by atoms with E-state index in [0.29, 0.717) is 13.0 Å². The van der Waals surface area contributed by atoms with Crippen molar-refractivity contribution in [2.24, 2.45) is 11.3 Å². The lowest BCUT2D eigenvalue weighted by molar-refractivity contribution is -0.148. The summed E-state index contributed by atoms with van der Waals surface area (Å²) in [4.78, 5) is 34.5. The molecule has 2 heterocycles. The van der Waals surface area contributed by atoms with Crippen LogP contribution in [-0.2, 0) is 16.0 Å². The van der Waals surface area contributed by atoms with Crippen LogP contribution < -0.4 is 0 Å². The van der Waals surface area contributed by atoms with E-state index < -0.39 is 5.41 Å². The molecule has 0 N–H and O–H groups in total. The van der Waals surface area contributed by atoms with Crippen LogP contribution in [0.3, 0.4) is 0 Å². The molecule has 0 unspecified atom stereocenters. The Kier molecular flexibility index (Phi) is 6.40. The van der Waals surface area contributed by atoms with E-state index in [2.05, 4.69) is 35.3 Å². The van der Waals surface area contributed by atoms with Gasteiger partial charge in [-0.25, -0.2) is 0 Å². The molecular weight excluding hydrogens is 386 g/mol. The summed E-state index contributed by atoms with van der Waals surface area (Å²) in [6.07, 6.45) is 10.3. The number of amides is 2. The predicted molar refractivity (Wildman–Crippen MR) is 122 cm³/mol. The zero-order valence-electron chi connectivity index (χ0n) is 18.7. The lowest BCUT2D eigenvalue weighted by Crippen LogP contribution is -2.55. The maximum Gasteiger partial charge on any atom is 0.230 e. The Morgan fingerprint density at radius 1 is 1.10 bits per heavy atom. The molecule has 164 valence electrons. The average Bonchev–Trinajstić information content (AvgIpc) is 3.34. The summed E-state index contributed by atoms with van der Waals surface area (Å²) < 4.78 is 0. The van der Waals surface area contributed by atoms with Crippen LogP contribution in [0.2, 0.25) is 0 Å². The summed E-state index contributed by atoms with van der Waals surface area (Å²) in [6.45, 7) is 1.30. The highest BCUT2D eigenvalue weighted by Crippen LogP contribution is 2.38.